The molecule has 0 bridgehead atoms. The maximum absolute atomic E-state index is 12.2. The zero-order chi connectivity index (χ0) is 13.9. The minimum atomic E-state index is -4.42. The van der Waals surface area contributed by atoms with Gasteiger partial charge < -0.3 is 0 Å². The lowest BCUT2D eigenvalue weighted by atomic mass is 10.0. The fourth-order valence-corrected chi connectivity index (χ4v) is 2.11. The molecule has 1 atom stereocenters. The van der Waals surface area contributed by atoms with Gasteiger partial charge in [-0.1, -0.05) is 15.9 Å². The number of carbonyl (C=O) groups is 2. The molecule has 1 rings (SSSR count). The lowest BCUT2D eigenvalue weighted by molar-refractivity contribution is -0.0328. The number of rotatable bonds is 4. The predicted octanol–water partition coefficient (Wildman–Crippen LogP) is 4.08. The Kier molecular flexibility index (Phi) is 4.98. The highest BCUT2D eigenvalue weighted by Gasteiger charge is 2.29. The van der Waals surface area contributed by atoms with Gasteiger partial charge in [0, 0.05) is 16.0 Å². The van der Waals surface area contributed by atoms with Crippen molar-refractivity contribution in [3.05, 3.63) is 29.3 Å². The quantitative estimate of drug-likeness (QED) is 0.358. The largest absolute Gasteiger partial charge is 0.446 e. The molecular formula is C11H8BrF3O2S. The molecule has 0 aliphatic rings. The van der Waals surface area contributed by atoms with Crippen LogP contribution in [-0.4, -0.2) is 22.4 Å². The fraction of sp³-hybridized carbons (Fsp3) is 0.273. The molecule has 1 aromatic rings. The molecule has 0 aromatic heterocycles. The number of halogens is 4. The van der Waals surface area contributed by atoms with Crippen molar-refractivity contribution in [1.29, 1.82) is 0 Å². The monoisotopic (exact) mass is 340 g/mol. The third kappa shape index (κ3) is 4.13. The lowest BCUT2D eigenvalue weighted by Gasteiger charge is -2.09. The zero-order valence-electron chi connectivity index (χ0n) is 9.12. The summed E-state index contributed by atoms with van der Waals surface area (Å²) in [5.41, 5.74) is -4.35. The minimum absolute atomic E-state index is 0.0412. The van der Waals surface area contributed by atoms with Crippen molar-refractivity contribution in [2.75, 3.05) is 0 Å². The number of carbonyl (C=O) groups excluding carboxylic acids is 2. The van der Waals surface area contributed by atoms with E-state index < -0.39 is 10.3 Å². The van der Waals surface area contributed by atoms with Crippen LogP contribution in [0.4, 0.5) is 13.2 Å². The Morgan fingerprint density at radius 2 is 2.06 bits per heavy atom. The molecular weight excluding hydrogens is 333 g/mol. The number of ketones is 1. The van der Waals surface area contributed by atoms with E-state index in [0.29, 0.717) is 6.29 Å². The molecule has 1 unspecified atom stereocenters. The van der Waals surface area contributed by atoms with E-state index >= 15 is 0 Å². The normalized spacial score (nSPS) is 13.2. The third-order valence-corrected chi connectivity index (χ3v) is 3.15. The van der Waals surface area contributed by atoms with E-state index in [9.17, 15) is 22.8 Å². The molecule has 18 heavy (non-hydrogen) atoms. The summed E-state index contributed by atoms with van der Waals surface area (Å²) in [4.78, 5) is 21.9. The third-order valence-electron chi connectivity index (χ3n) is 2.01. The standard InChI is InChI=1S/C11H8BrF3O2S/c1-6(12)10(17)9-3-2-8(4-7(9)5-16)18-11(13,14)15/h2-6H,1H3. The van der Waals surface area contributed by atoms with Crippen LogP contribution in [0.2, 0.25) is 0 Å². The van der Waals surface area contributed by atoms with Crippen LogP contribution in [0.5, 0.6) is 0 Å². The Bertz CT molecular complexity index is 472. The summed E-state index contributed by atoms with van der Waals surface area (Å²) in [7, 11) is 0. The first-order valence-corrected chi connectivity index (χ1v) is 6.51. The molecule has 0 radical (unpaired) electrons. The van der Waals surface area contributed by atoms with Gasteiger partial charge in [-0.25, -0.2) is 0 Å². The zero-order valence-corrected chi connectivity index (χ0v) is 11.5. The molecule has 0 saturated heterocycles. The molecule has 0 heterocycles. The van der Waals surface area contributed by atoms with Crippen molar-refractivity contribution in [2.24, 2.45) is 0 Å². The number of alkyl halides is 4. The van der Waals surface area contributed by atoms with Crippen molar-refractivity contribution >= 4 is 39.8 Å². The first-order valence-electron chi connectivity index (χ1n) is 4.78. The van der Waals surface area contributed by atoms with Crippen LogP contribution in [0, 0.1) is 0 Å². The summed E-state index contributed by atoms with van der Waals surface area (Å²) in [6, 6.07) is 3.47. The van der Waals surface area contributed by atoms with Crippen molar-refractivity contribution in [3.8, 4) is 0 Å². The summed E-state index contributed by atoms with van der Waals surface area (Å²) < 4.78 is 36.5. The molecule has 0 aliphatic heterocycles. The van der Waals surface area contributed by atoms with E-state index in [1.54, 1.807) is 6.92 Å². The first kappa shape index (κ1) is 15.2. The van der Waals surface area contributed by atoms with Gasteiger partial charge in [0.05, 0.1) is 4.83 Å². The van der Waals surface area contributed by atoms with E-state index in [1.165, 1.54) is 12.1 Å². The Morgan fingerprint density at radius 1 is 1.44 bits per heavy atom. The topological polar surface area (TPSA) is 34.1 Å². The van der Waals surface area contributed by atoms with Crippen LogP contribution in [0.3, 0.4) is 0 Å². The Labute approximate surface area is 114 Å². The second-order valence-electron chi connectivity index (χ2n) is 3.39. The molecule has 0 fully saturated rings. The van der Waals surface area contributed by atoms with Crippen molar-refractivity contribution in [1.82, 2.24) is 0 Å². The maximum Gasteiger partial charge on any atom is 0.446 e. The van der Waals surface area contributed by atoms with Gasteiger partial charge in [0.1, 0.15) is 0 Å². The highest BCUT2D eigenvalue weighted by Crippen LogP contribution is 2.37. The van der Waals surface area contributed by atoms with E-state index in [4.69, 9.17) is 0 Å². The van der Waals surface area contributed by atoms with Crippen LogP contribution < -0.4 is 0 Å². The number of benzene rings is 1. The summed E-state index contributed by atoms with van der Waals surface area (Å²) in [5.74, 6) is -0.347. The minimum Gasteiger partial charge on any atom is -0.298 e. The van der Waals surface area contributed by atoms with Crippen LogP contribution in [0.25, 0.3) is 0 Å². The van der Waals surface area contributed by atoms with Gasteiger partial charge >= 0.3 is 5.51 Å². The van der Waals surface area contributed by atoms with E-state index in [0.717, 1.165) is 6.07 Å². The SMILES string of the molecule is CC(Br)C(=O)c1ccc(SC(F)(F)F)cc1C=O. The highest BCUT2D eigenvalue weighted by atomic mass is 79.9. The maximum atomic E-state index is 12.2. The molecule has 0 amide bonds. The number of hydrogen-bond donors (Lipinski definition) is 0. The lowest BCUT2D eigenvalue weighted by Crippen LogP contribution is -2.12. The van der Waals surface area contributed by atoms with E-state index in [1.807, 2.05) is 0 Å². The molecule has 1 aromatic carbocycles. The average molecular weight is 341 g/mol. The number of aldehydes is 1. The molecule has 2 nitrogen and oxygen atoms in total. The van der Waals surface area contributed by atoms with Gasteiger partial charge in [-0.05, 0) is 36.9 Å². The number of Topliss-reactive ketones (excluding diaryl/α,β-unsaturated/α-hetero) is 1. The van der Waals surface area contributed by atoms with Crippen molar-refractivity contribution in [2.45, 2.75) is 22.2 Å². The predicted molar refractivity (Wildman–Crippen MR) is 66.5 cm³/mol. The second-order valence-corrected chi connectivity index (χ2v) is 5.91. The van der Waals surface area contributed by atoms with Crippen LogP contribution >= 0.6 is 27.7 Å². The van der Waals surface area contributed by atoms with Crippen molar-refractivity contribution < 1.29 is 22.8 Å². The highest BCUT2D eigenvalue weighted by molar-refractivity contribution is 9.10. The van der Waals surface area contributed by atoms with Crippen LogP contribution in [-0.2, 0) is 0 Å². The van der Waals surface area contributed by atoms with E-state index in [-0.39, 0.29) is 33.6 Å². The molecule has 0 N–H and O–H groups in total. The summed E-state index contributed by atoms with van der Waals surface area (Å²) in [6.07, 6.45) is 0.378. The van der Waals surface area contributed by atoms with E-state index in [2.05, 4.69) is 15.9 Å². The van der Waals surface area contributed by atoms with Crippen LogP contribution in [0.15, 0.2) is 23.1 Å². The van der Waals surface area contributed by atoms with Gasteiger partial charge in [-0.2, -0.15) is 13.2 Å². The number of hydrogen-bond acceptors (Lipinski definition) is 3. The fourth-order valence-electron chi connectivity index (χ4n) is 1.27. The summed E-state index contributed by atoms with van der Waals surface area (Å²) in [6.45, 7) is 1.58. The Hall–Kier alpha value is -0.820. The molecule has 0 saturated carbocycles. The smallest absolute Gasteiger partial charge is 0.298 e. The van der Waals surface area contributed by atoms with Crippen LogP contribution in [0.1, 0.15) is 27.6 Å². The summed E-state index contributed by atoms with van der Waals surface area (Å²) in [5, 5.41) is 0. The molecule has 0 spiro atoms. The van der Waals surface area contributed by atoms with Gasteiger partial charge in [0.2, 0.25) is 0 Å². The van der Waals surface area contributed by atoms with Gasteiger partial charge in [-0.3, -0.25) is 9.59 Å². The molecule has 98 valence electrons. The average Bonchev–Trinajstić information content (AvgIpc) is 2.25. The Morgan fingerprint density at radius 3 is 2.50 bits per heavy atom. The number of thioether (sulfide) groups is 1. The van der Waals surface area contributed by atoms with Gasteiger partial charge in [-0.15, -0.1) is 0 Å². The second kappa shape index (κ2) is 5.88. The first-order chi connectivity index (χ1) is 8.24. The molecule has 7 heteroatoms. The van der Waals surface area contributed by atoms with Gasteiger partial charge in [0.25, 0.3) is 0 Å². The molecule has 0 aliphatic carbocycles. The van der Waals surface area contributed by atoms with Crippen molar-refractivity contribution in [3.63, 3.8) is 0 Å². The summed E-state index contributed by atoms with van der Waals surface area (Å²) >= 11 is 2.73. The van der Waals surface area contributed by atoms with Gasteiger partial charge in [0.15, 0.2) is 12.1 Å². The Balaban J connectivity index is 3.12.